The van der Waals surface area contributed by atoms with Gasteiger partial charge in [-0.3, -0.25) is 4.79 Å². The molecule has 6 nitrogen and oxygen atoms in total. The van der Waals surface area contributed by atoms with Gasteiger partial charge in [-0.15, -0.1) is 11.3 Å². The van der Waals surface area contributed by atoms with Crippen molar-refractivity contribution in [3.05, 3.63) is 33.9 Å². The van der Waals surface area contributed by atoms with Crippen molar-refractivity contribution in [1.82, 2.24) is 4.90 Å². The molecular formula is C20H21ClFNO5S2. The number of carbonyl (C=O) groups excluding carboxylic acids is 2. The molecule has 2 fully saturated rings. The van der Waals surface area contributed by atoms with Gasteiger partial charge in [0.05, 0.1) is 16.5 Å². The van der Waals surface area contributed by atoms with Crippen LogP contribution in [0.2, 0.25) is 5.02 Å². The van der Waals surface area contributed by atoms with E-state index in [0.717, 1.165) is 37.0 Å². The highest BCUT2D eigenvalue weighted by molar-refractivity contribution is 7.91. The maximum atomic E-state index is 13.4. The number of halogens is 2. The summed E-state index contributed by atoms with van der Waals surface area (Å²) in [7, 11) is -3.15. The minimum Gasteiger partial charge on any atom is -0.451 e. The van der Waals surface area contributed by atoms with Gasteiger partial charge in [-0.1, -0.05) is 24.4 Å². The summed E-state index contributed by atoms with van der Waals surface area (Å²) in [5.41, 5.74) is 0. The SMILES string of the molecule is O=C(OCC(=O)N(C1CCCC1)C1CCS(=O)(=O)C1)c1sc2cc(F)ccc2c1Cl. The summed E-state index contributed by atoms with van der Waals surface area (Å²) in [4.78, 5) is 27.2. The van der Waals surface area contributed by atoms with Crippen LogP contribution in [0.5, 0.6) is 0 Å². The molecule has 1 saturated carbocycles. The van der Waals surface area contributed by atoms with Gasteiger partial charge in [-0.25, -0.2) is 17.6 Å². The van der Waals surface area contributed by atoms with E-state index in [1.54, 1.807) is 4.90 Å². The Morgan fingerprint density at radius 2 is 1.93 bits per heavy atom. The first-order valence-electron chi connectivity index (χ1n) is 9.81. The highest BCUT2D eigenvalue weighted by atomic mass is 35.5. The first-order valence-corrected chi connectivity index (χ1v) is 12.8. The molecule has 4 rings (SSSR count). The lowest BCUT2D eigenvalue weighted by molar-refractivity contribution is -0.139. The van der Waals surface area contributed by atoms with Crippen LogP contribution in [0.4, 0.5) is 4.39 Å². The number of carbonyl (C=O) groups is 2. The summed E-state index contributed by atoms with van der Waals surface area (Å²) < 4.78 is 43.0. The summed E-state index contributed by atoms with van der Waals surface area (Å²) in [6.07, 6.45) is 4.03. The summed E-state index contributed by atoms with van der Waals surface area (Å²) in [5, 5.41) is 0.715. The van der Waals surface area contributed by atoms with Gasteiger partial charge >= 0.3 is 5.97 Å². The number of nitrogens with zero attached hydrogens (tertiary/aromatic N) is 1. The number of sulfone groups is 1. The molecule has 1 saturated heterocycles. The third-order valence-corrected chi connectivity index (χ3v) is 9.10. The van der Waals surface area contributed by atoms with E-state index in [1.165, 1.54) is 18.2 Å². The molecule has 2 aromatic rings. The Morgan fingerprint density at radius 3 is 2.60 bits per heavy atom. The summed E-state index contributed by atoms with van der Waals surface area (Å²) >= 11 is 7.25. The molecule has 1 unspecified atom stereocenters. The minimum absolute atomic E-state index is 0.0228. The van der Waals surface area contributed by atoms with E-state index in [0.29, 0.717) is 16.5 Å². The molecule has 1 aromatic heterocycles. The molecule has 2 heterocycles. The van der Waals surface area contributed by atoms with E-state index in [1.807, 2.05) is 0 Å². The molecule has 1 aliphatic carbocycles. The molecule has 0 bridgehead atoms. The molecule has 1 aromatic carbocycles. The Morgan fingerprint density at radius 1 is 1.20 bits per heavy atom. The van der Waals surface area contributed by atoms with Gasteiger partial charge < -0.3 is 9.64 Å². The zero-order valence-electron chi connectivity index (χ0n) is 16.1. The molecule has 0 N–H and O–H groups in total. The van der Waals surface area contributed by atoms with Gasteiger partial charge in [0, 0.05) is 22.2 Å². The molecule has 1 atom stereocenters. The van der Waals surface area contributed by atoms with Crippen LogP contribution in [0.1, 0.15) is 41.8 Å². The molecule has 162 valence electrons. The molecule has 30 heavy (non-hydrogen) atoms. The van der Waals surface area contributed by atoms with Crippen molar-refractivity contribution >= 4 is 54.7 Å². The Bertz CT molecular complexity index is 1090. The number of rotatable bonds is 5. The molecule has 0 spiro atoms. The van der Waals surface area contributed by atoms with E-state index in [4.69, 9.17) is 16.3 Å². The van der Waals surface area contributed by atoms with E-state index < -0.39 is 28.2 Å². The van der Waals surface area contributed by atoms with Crippen LogP contribution in [-0.2, 0) is 19.4 Å². The highest BCUT2D eigenvalue weighted by Crippen LogP contribution is 2.36. The molecular weight excluding hydrogens is 453 g/mol. The standard InChI is InChI=1S/C20H21ClFNO5S2/c21-18-15-6-5-12(22)9-16(15)29-19(18)20(25)28-10-17(24)23(13-3-1-2-4-13)14-7-8-30(26,27)11-14/h5-6,9,13-14H,1-4,7-8,10-11H2. The van der Waals surface area contributed by atoms with Crippen molar-refractivity contribution in [1.29, 1.82) is 0 Å². The quantitative estimate of drug-likeness (QED) is 0.617. The minimum atomic E-state index is -3.15. The number of thiophene rings is 1. The average Bonchev–Trinajstić information content (AvgIpc) is 3.40. The monoisotopic (exact) mass is 473 g/mol. The van der Waals surface area contributed by atoms with Crippen LogP contribution < -0.4 is 0 Å². The Balaban J connectivity index is 1.48. The van der Waals surface area contributed by atoms with E-state index >= 15 is 0 Å². The van der Waals surface area contributed by atoms with Gasteiger partial charge in [0.1, 0.15) is 10.7 Å². The van der Waals surface area contributed by atoms with Crippen molar-refractivity contribution in [2.45, 2.75) is 44.2 Å². The molecule has 2 aliphatic rings. The third kappa shape index (κ3) is 4.33. The number of amides is 1. The largest absolute Gasteiger partial charge is 0.451 e. The average molecular weight is 474 g/mol. The van der Waals surface area contributed by atoms with Gasteiger partial charge in [0.2, 0.25) is 0 Å². The van der Waals surface area contributed by atoms with Crippen molar-refractivity contribution < 1.29 is 27.1 Å². The number of fused-ring (bicyclic) bond motifs is 1. The molecule has 1 aliphatic heterocycles. The first-order chi connectivity index (χ1) is 14.2. The van der Waals surface area contributed by atoms with Crippen LogP contribution in [0.3, 0.4) is 0 Å². The Kier molecular flexibility index (Phi) is 6.05. The van der Waals surface area contributed by atoms with Crippen LogP contribution in [-0.4, -0.2) is 55.4 Å². The van der Waals surface area contributed by atoms with E-state index in [9.17, 15) is 22.4 Å². The van der Waals surface area contributed by atoms with Crippen molar-refractivity contribution in [2.75, 3.05) is 18.1 Å². The van der Waals surface area contributed by atoms with Gasteiger partial charge in [0.25, 0.3) is 5.91 Å². The zero-order valence-corrected chi connectivity index (χ0v) is 18.5. The second-order valence-electron chi connectivity index (χ2n) is 7.76. The van der Waals surface area contributed by atoms with E-state index in [2.05, 4.69) is 0 Å². The van der Waals surface area contributed by atoms with Gasteiger partial charge in [0.15, 0.2) is 16.4 Å². The predicted octanol–water partition coefficient (Wildman–Crippen LogP) is 3.81. The fourth-order valence-corrected chi connectivity index (χ4v) is 7.46. The number of hydrogen-bond acceptors (Lipinski definition) is 6. The maximum Gasteiger partial charge on any atom is 0.350 e. The van der Waals surface area contributed by atoms with Crippen molar-refractivity contribution in [3.8, 4) is 0 Å². The smallest absolute Gasteiger partial charge is 0.350 e. The van der Waals surface area contributed by atoms with Gasteiger partial charge in [-0.2, -0.15) is 0 Å². The third-order valence-electron chi connectivity index (χ3n) is 5.71. The number of ether oxygens (including phenoxy) is 1. The first kappa shape index (κ1) is 21.5. The second-order valence-corrected chi connectivity index (χ2v) is 11.4. The fourth-order valence-electron chi connectivity index (χ4n) is 4.32. The van der Waals surface area contributed by atoms with E-state index in [-0.39, 0.29) is 39.4 Å². The maximum absolute atomic E-state index is 13.4. The molecule has 0 radical (unpaired) electrons. The molecule has 10 heteroatoms. The van der Waals surface area contributed by atoms with Crippen LogP contribution in [0, 0.1) is 5.82 Å². The lowest BCUT2D eigenvalue weighted by Crippen LogP contribution is -2.48. The zero-order chi connectivity index (χ0) is 21.5. The summed E-state index contributed by atoms with van der Waals surface area (Å²) in [6, 6.07) is 3.64. The summed E-state index contributed by atoms with van der Waals surface area (Å²) in [6.45, 7) is -0.481. The highest BCUT2D eigenvalue weighted by Gasteiger charge is 2.39. The fraction of sp³-hybridized carbons (Fsp3) is 0.500. The van der Waals surface area contributed by atoms with Crippen molar-refractivity contribution in [3.63, 3.8) is 0 Å². The van der Waals surface area contributed by atoms with Crippen molar-refractivity contribution in [2.24, 2.45) is 0 Å². The lowest BCUT2D eigenvalue weighted by atomic mass is 10.1. The lowest BCUT2D eigenvalue weighted by Gasteiger charge is -2.33. The molecule has 1 amide bonds. The number of hydrogen-bond donors (Lipinski definition) is 0. The van der Waals surface area contributed by atoms with Crippen LogP contribution >= 0.6 is 22.9 Å². The number of esters is 1. The van der Waals surface area contributed by atoms with Crippen LogP contribution in [0.25, 0.3) is 10.1 Å². The number of benzene rings is 1. The predicted molar refractivity (Wildman–Crippen MR) is 113 cm³/mol. The summed E-state index contributed by atoms with van der Waals surface area (Å²) in [5.74, 6) is -1.55. The normalized spacial score (nSPS) is 21.2. The Labute approximate surface area is 182 Å². The van der Waals surface area contributed by atoms with Gasteiger partial charge in [-0.05, 0) is 37.5 Å². The van der Waals surface area contributed by atoms with Crippen LogP contribution in [0.15, 0.2) is 18.2 Å². The second kappa shape index (κ2) is 8.43. The Hall–Kier alpha value is -1.71. The topological polar surface area (TPSA) is 80.8 Å².